The Labute approximate surface area is 196 Å². The predicted molar refractivity (Wildman–Crippen MR) is 132 cm³/mol. The number of carbonyl (C=O) groups excluding carboxylic acids is 1. The molecule has 0 aliphatic heterocycles. The molecular formula is C26H21Cl2NO3. The molecule has 0 spiro atoms. The van der Waals surface area contributed by atoms with E-state index in [1.165, 1.54) is 0 Å². The van der Waals surface area contributed by atoms with E-state index >= 15 is 0 Å². The Morgan fingerprint density at radius 1 is 1.06 bits per heavy atom. The van der Waals surface area contributed by atoms with Crippen LogP contribution in [0.5, 0.6) is 5.75 Å². The number of hydrogen-bond donors (Lipinski definition) is 1. The molecule has 4 rings (SSSR count). The van der Waals surface area contributed by atoms with E-state index in [2.05, 4.69) is 5.32 Å². The van der Waals surface area contributed by atoms with Crippen LogP contribution in [0.1, 0.15) is 18.1 Å². The minimum absolute atomic E-state index is 0.216. The van der Waals surface area contributed by atoms with Gasteiger partial charge in [0.2, 0.25) is 5.91 Å². The zero-order valence-electron chi connectivity index (χ0n) is 17.8. The van der Waals surface area contributed by atoms with Gasteiger partial charge in [0, 0.05) is 44.9 Å². The SMILES string of the molecule is COc1cc2occ(-c3ccc(Cl)cc3Cl)c2cc1/C(C)=C/C(=O)Nc1ccccc1C. The molecule has 6 heteroatoms. The van der Waals surface area contributed by atoms with Crippen LogP contribution < -0.4 is 10.1 Å². The highest BCUT2D eigenvalue weighted by Gasteiger charge is 2.16. The first-order valence-corrected chi connectivity index (χ1v) is 10.7. The van der Waals surface area contributed by atoms with Crippen LogP contribution in [0.25, 0.3) is 27.7 Å². The van der Waals surface area contributed by atoms with E-state index in [-0.39, 0.29) is 5.91 Å². The number of halogens is 2. The number of furan rings is 1. The van der Waals surface area contributed by atoms with Gasteiger partial charge in [-0.05, 0) is 49.2 Å². The molecule has 0 saturated heterocycles. The second kappa shape index (κ2) is 9.11. The average Bonchev–Trinajstić information content (AvgIpc) is 3.17. The Morgan fingerprint density at radius 2 is 1.84 bits per heavy atom. The minimum Gasteiger partial charge on any atom is -0.496 e. The Balaban J connectivity index is 1.75. The number of rotatable bonds is 5. The number of hydrogen-bond acceptors (Lipinski definition) is 3. The maximum absolute atomic E-state index is 12.6. The van der Waals surface area contributed by atoms with Gasteiger partial charge in [0.05, 0.1) is 18.4 Å². The number of carbonyl (C=O) groups is 1. The lowest BCUT2D eigenvalue weighted by molar-refractivity contribution is -0.111. The van der Waals surface area contributed by atoms with Crippen molar-refractivity contribution in [3.8, 4) is 16.9 Å². The fourth-order valence-corrected chi connectivity index (χ4v) is 4.12. The van der Waals surface area contributed by atoms with Crippen molar-refractivity contribution >= 4 is 51.3 Å². The molecule has 0 bridgehead atoms. The van der Waals surface area contributed by atoms with Crippen LogP contribution in [0.2, 0.25) is 10.0 Å². The number of amides is 1. The molecule has 3 aromatic carbocycles. The minimum atomic E-state index is -0.216. The van der Waals surface area contributed by atoms with Crippen LogP contribution >= 0.6 is 23.2 Å². The highest BCUT2D eigenvalue weighted by molar-refractivity contribution is 6.36. The second-order valence-corrected chi connectivity index (χ2v) is 8.30. The summed E-state index contributed by atoms with van der Waals surface area (Å²) in [6, 6.07) is 16.7. The van der Waals surface area contributed by atoms with Gasteiger partial charge in [-0.2, -0.15) is 0 Å². The molecule has 32 heavy (non-hydrogen) atoms. The number of benzene rings is 3. The molecular weight excluding hydrogens is 445 g/mol. The third-order valence-corrected chi connectivity index (χ3v) is 5.84. The summed E-state index contributed by atoms with van der Waals surface area (Å²) in [4.78, 5) is 12.6. The van der Waals surface area contributed by atoms with Crippen LogP contribution in [0.3, 0.4) is 0 Å². The number of nitrogens with one attached hydrogen (secondary N) is 1. The van der Waals surface area contributed by atoms with Gasteiger partial charge >= 0.3 is 0 Å². The van der Waals surface area contributed by atoms with Gasteiger partial charge in [-0.1, -0.05) is 47.5 Å². The van der Waals surface area contributed by atoms with Crippen LogP contribution in [0.15, 0.2) is 71.4 Å². The molecule has 0 aliphatic carbocycles. The van der Waals surface area contributed by atoms with Crippen LogP contribution in [-0.2, 0) is 4.79 Å². The molecule has 0 aliphatic rings. The Bertz CT molecular complexity index is 1350. The summed E-state index contributed by atoms with van der Waals surface area (Å²) >= 11 is 12.5. The van der Waals surface area contributed by atoms with Gasteiger partial charge in [-0.25, -0.2) is 0 Å². The second-order valence-electron chi connectivity index (χ2n) is 7.45. The van der Waals surface area contributed by atoms with Gasteiger partial charge in [0.1, 0.15) is 11.3 Å². The maximum atomic E-state index is 12.6. The largest absolute Gasteiger partial charge is 0.496 e. The van der Waals surface area contributed by atoms with E-state index < -0.39 is 0 Å². The highest BCUT2D eigenvalue weighted by atomic mass is 35.5. The summed E-state index contributed by atoms with van der Waals surface area (Å²) in [5.41, 5.74) is 5.61. The third kappa shape index (κ3) is 4.38. The maximum Gasteiger partial charge on any atom is 0.248 e. The standard InChI is InChI=1S/C26H21Cl2NO3/c1-15-6-4-5-7-23(15)29-26(30)10-16(2)19-12-20-21(14-32-25(20)13-24(19)31-3)18-9-8-17(27)11-22(18)28/h4-14H,1-3H3,(H,29,30)/b16-10+. The summed E-state index contributed by atoms with van der Waals surface area (Å²) in [5, 5.41) is 4.88. The molecule has 0 atom stereocenters. The summed E-state index contributed by atoms with van der Waals surface area (Å²) in [5.74, 6) is 0.394. The van der Waals surface area contributed by atoms with Crippen LogP contribution in [0, 0.1) is 6.92 Å². The van der Waals surface area contributed by atoms with E-state index in [4.69, 9.17) is 32.4 Å². The first-order chi connectivity index (χ1) is 15.4. The third-order valence-electron chi connectivity index (χ3n) is 5.29. The van der Waals surface area contributed by atoms with E-state index in [0.717, 1.165) is 38.9 Å². The van der Waals surface area contributed by atoms with Gasteiger partial charge in [-0.3, -0.25) is 4.79 Å². The number of methoxy groups -OCH3 is 1. The highest BCUT2D eigenvalue weighted by Crippen LogP contribution is 2.40. The summed E-state index contributed by atoms with van der Waals surface area (Å²) in [7, 11) is 1.59. The lowest BCUT2D eigenvalue weighted by atomic mass is 9.99. The predicted octanol–water partition coefficient (Wildman–Crippen LogP) is 7.77. The molecule has 1 N–H and O–H groups in total. The van der Waals surface area contributed by atoms with Crippen molar-refractivity contribution in [2.45, 2.75) is 13.8 Å². The Hall–Kier alpha value is -3.21. The van der Waals surface area contributed by atoms with E-state index in [1.54, 1.807) is 31.6 Å². The van der Waals surface area contributed by atoms with Crippen LogP contribution in [-0.4, -0.2) is 13.0 Å². The smallest absolute Gasteiger partial charge is 0.248 e. The number of aryl methyl sites for hydroxylation is 1. The molecule has 4 aromatic rings. The van der Waals surface area contributed by atoms with E-state index in [0.29, 0.717) is 21.4 Å². The molecule has 0 unspecified atom stereocenters. The van der Waals surface area contributed by atoms with Gasteiger partial charge in [-0.15, -0.1) is 0 Å². The lowest BCUT2D eigenvalue weighted by Crippen LogP contribution is -2.09. The van der Waals surface area contributed by atoms with Gasteiger partial charge < -0.3 is 14.5 Å². The van der Waals surface area contributed by atoms with Crippen molar-refractivity contribution in [1.82, 2.24) is 0 Å². The molecule has 0 radical (unpaired) electrons. The monoisotopic (exact) mass is 465 g/mol. The number of para-hydroxylation sites is 1. The molecule has 4 nitrogen and oxygen atoms in total. The summed E-state index contributed by atoms with van der Waals surface area (Å²) < 4.78 is 11.3. The van der Waals surface area contributed by atoms with E-state index in [9.17, 15) is 4.79 Å². The molecule has 162 valence electrons. The fourth-order valence-electron chi connectivity index (χ4n) is 3.60. The number of fused-ring (bicyclic) bond motifs is 1. The first-order valence-electron chi connectivity index (χ1n) is 9.97. The zero-order valence-corrected chi connectivity index (χ0v) is 19.3. The van der Waals surface area contributed by atoms with E-state index in [1.807, 2.05) is 56.3 Å². The van der Waals surface area contributed by atoms with Gasteiger partial charge in [0.15, 0.2) is 0 Å². The lowest BCUT2D eigenvalue weighted by Gasteiger charge is -2.11. The van der Waals surface area contributed by atoms with Crippen molar-refractivity contribution in [3.63, 3.8) is 0 Å². The van der Waals surface area contributed by atoms with Gasteiger partial charge in [0.25, 0.3) is 0 Å². The van der Waals surface area contributed by atoms with Crippen molar-refractivity contribution < 1.29 is 13.9 Å². The molecule has 1 aromatic heterocycles. The number of allylic oxidation sites excluding steroid dienone is 1. The Kier molecular flexibility index (Phi) is 6.26. The van der Waals surface area contributed by atoms with Crippen LogP contribution in [0.4, 0.5) is 5.69 Å². The Morgan fingerprint density at radius 3 is 2.56 bits per heavy atom. The van der Waals surface area contributed by atoms with Crippen molar-refractivity contribution in [1.29, 1.82) is 0 Å². The summed E-state index contributed by atoms with van der Waals surface area (Å²) in [6.45, 7) is 3.82. The normalized spacial score (nSPS) is 11.6. The zero-order chi connectivity index (χ0) is 22.8. The van der Waals surface area contributed by atoms with Crippen molar-refractivity contribution in [2.24, 2.45) is 0 Å². The summed E-state index contributed by atoms with van der Waals surface area (Å²) in [6.07, 6.45) is 3.22. The van der Waals surface area contributed by atoms with Crippen molar-refractivity contribution in [3.05, 3.63) is 88.1 Å². The molecule has 0 saturated carbocycles. The van der Waals surface area contributed by atoms with Crippen molar-refractivity contribution in [2.75, 3.05) is 12.4 Å². The number of ether oxygens (including phenoxy) is 1. The average molecular weight is 466 g/mol. The quantitative estimate of drug-likeness (QED) is 0.306. The molecule has 1 heterocycles. The molecule has 0 fully saturated rings. The topological polar surface area (TPSA) is 51.5 Å². The number of anilines is 1. The first kappa shape index (κ1) is 22.0. The molecule has 1 amide bonds. The fraction of sp³-hybridized carbons (Fsp3) is 0.115.